The first-order valence-electron chi connectivity index (χ1n) is 19.9. The summed E-state index contributed by atoms with van der Waals surface area (Å²) in [4.78, 5) is 61.0. The van der Waals surface area contributed by atoms with Gasteiger partial charge in [-0.1, -0.05) is 12.1 Å². The molecule has 0 saturated carbocycles. The maximum Gasteiger partial charge on any atom is 0.420 e. The fourth-order valence-electron chi connectivity index (χ4n) is 7.17. The van der Waals surface area contributed by atoms with Gasteiger partial charge in [-0.05, 0) is 109 Å². The monoisotopic (exact) mass is 912 g/mol. The SMILES string of the molecule is COc1cc2c(cc1C(F)(F)F)N(C(=O)Nc1cccc(C(=O)Nc3cccnc3)c1)CC2.COc1cc2c(cc1C(F)(F)F)N(C(=O)Nc1cccc(C(=O)Nc3ccncc3)c1)CC2. The topological polar surface area (TPSA) is 167 Å². The van der Waals surface area contributed by atoms with Crippen LogP contribution in [-0.2, 0) is 25.2 Å². The normalized spacial score (nSPS) is 12.8. The predicted molar refractivity (Wildman–Crippen MR) is 233 cm³/mol. The fourth-order valence-corrected chi connectivity index (χ4v) is 7.17. The number of anilines is 6. The van der Waals surface area contributed by atoms with E-state index in [4.69, 9.17) is 9.47 Å². The van der Waals surface area contributed by atoms with Gasteiger partial charge < -0.3 is 30.7 Å². The van der Waals surface area contributed by atoms with Gasteiger partial charge in [-0.25, -0.2) is 9.59 Å². The number of amides is 6. The molecule has 2 aliphatic rings. The molecule has 340 valence electrons. The van der Waals surface area contributed by atoms with Crippen LogP contribution >= 0.6 is 0 Å². The molecule has 4 heterocycles. The van der Waals surface area contributed by atoms with Crippen molar-refractivity contribution in [2.24, 2.45) is 0 Å². The molecule has 0 saturated heterocycles. The lowest BCUT2D eigenvalue weighted by Crippen LogP contribution is -2.33. The van der Waals surface area contributed by atoms with Crippen molar-refractivity contribution in [1.82, 2.24) is 9.97 Å². The minimum atomic E-state index is -4.62. The minimum Gasteiger partial charge on any atom is -0.496 e. The number of aromatic nitrogens is 2. The van der Waals surface area contributed by atoms with E-state index in [2.05, 4.69) is 31.2 Å². The molecule has 8 rings (SSSR count). The van der Waals surface area contributed by atoms with Crippen LogP contribution in [0.3, 0.4) is 0 Å². The van der Waals surface area contributed by atoms with Gasteiger partial charge in [-0.2, -0.15) is 26.3 Å². The summed E-state index contributed by atoms with van der Waals surface area (Å²) >= 11 is 0. The molecular weight excluding hydrogens is 875 g/mol. The summed E-state index contributed by atoms with van der Waals surface area (Å²) in [5.74, 6) is -1.34. The van der Waals surface area contributed by atoms with E-state index < -0.39 is 41.4 Å². The third kappa shape index (κ3) is 10.6. The van der Waals surface area contributed by atoms with Crippen LogP contribution in [0, 0.1) is 0 Å². The maximum absolute atomic E-state index is 13.4. The molecule has 2 aromatic heterocycles. The number of methoxy groups -OCH3 is 2. The molecule has 4 aromatic carbocycles. The number of fused-ring (bicyclic) bond motifs is 2. The molecule has 0 atom stereocenters. The molecule has 4 N–H and O–H groups in total. The number of benzene rings is 4. The van der Waals surface area contributed by atoms with Crippen molar-refractivity contribution >= 4 is 58.0 Å². The highest BCUT2D eigenvalue weighted by Crippen LogP contribution is 2.44. The Kier molecular flexibility index (Phi) is 13.4. The van der Waals surface area contributed by atoms with Gasteiger partial charge in [0.05, 0.1) is 37.2 Å². The first-order valence-corrected chi connectivity index (χ1v) is 19.9. The highest BCUT2D eigenvalue weighted by atomic mass is 19.4. The zero-order valence-electron chi connectivity index (χ0n) is 34.9. The number of nitrogens with zero attached hydrogens (tertiary/aromatic N) is 4. The van der Waals surface area contributed by atoms with Gasteiger partial charge in [-0.3, -0.25) is 29.4 Å². The van der Waals surface area contributed by atoms with Gasteiger partial charge in [0, 0.05) is 71.2 Å². The second-order valence-electron chi connectivity index (χ2n) is 14.6. The van der Waals surface area contributed by atoms with Crippen LogP contribution < -0.4 is 40.5 Å². The van der Waals surface area contributed by atoms with Gasteiger partial charge in [0.25, 0.3) is 11.8 Å². The van der Waals surface area contributed by atoms with Crippen LogP contribution in [0.2, 0.25) is 0 Å². The summed E-state index contributed by atoms with van der Waals surface area (Å²) in [6.45, 7) is 0.431. The number of urea groups is 2. The molecule has 0 spiro atoms. The molecule has 2 aliphatic heterocycles. The molecule has 0 aliphatic carbocycles. The molecule has 0 bridgehead atoms. The van der Waals surface area contributed by atoms with Crippen molar-refractivity contribution in [1.29, 1.82) is 0 Å². The summed E-state index contributed by atoms with van der Waals surface area (Å²) in [7, 11) is 2.35. The largest absolute Gasteiger partial charge is 0.496 e. The van der Waals surface area contributed by atoms with E-state index in [-0.39, 0.29) is 41.9 Å². The van der Waals surface area contributed by atoms with Crippen LogP contribution in [0.5, 0.6) is 11.5 Å². The molecule has 66 heavy (non-hydrogen) atoms. The number of nitrogens with one attached hydrogen (secondary N) is 4. The summed E-state index contributed by atoms with van der Waals surface area (Å²) in [6.07, 6.45) is -2.30. The smallest absolute Gasteiger partial charge is 0.420 e. The Morgan fingerprint density at radius 1 is 0.530 bits per heavy atom. The second kappa shape index (κ2) is 19.3. The van der Waals surface area contributed by atoms with E-state index in [0.29, 0.717) is 57.8 Å². The number of rotatable bonds is 8. The first-order chi connectivity index (χ1) is 31.5. The number of carbonyl (C=O) groups excluding carboxylic acids is 4. The van der Waals surface area contributed by atoms with Crippen LogP contribution in [0.15, 0.2) is 122 Å². The lowest BCUT2D eigenvalue weighted by Gasteiger charge is -2.20. The molecule has 0 radical (unpaired) electrons. The summed E-state index contributed by atoms with van der Waals surface area (Å²) in [6, 6.07) is 22.4. The highest BCUT2D eigenvalue weighted by molar-refractivity contribution is 6.08. The minimum absolute atomic E-state index is 0.172. The number of hydrogen-bond donors (Lipinski definition) is 4. The van der Waals surface area contributed by atoms with Gasteiger partial charge in [-0.15, -0.1) is 0 Å². The van der Waals surface area contributed by atoms with Gasteiger partial charge in [0.15, 0.2) is 0 Å². The number of hydrogen-bond acceptors (Lipinski definition) is 8. The van der Waals surface area contributed by atoms with Crippen molar-refractivity contribution in [3.8, 4) is 11.5 Å². The molecule has 20 heteroatoms. The van der Waals surface area contributed by atoms with E-state index in [1.165, 1.54) is 54.5 Å². The van der Waals surface area contributed by atoms with E-state index in [0.717, 1.165) is 12.1 Å². The van der Waals surface area contributed by atoms with Crippen LogP contribution in [-0.4, -0.2) is 61.2 Å². The van der Waals surface area contributed by atoms with Gasteiger partial charge in [0.1, 0.15) is 11.5 Å². The zero-order valence-corrected chi connectivity index (χ0v) is 34.9. The number of alkyl halides is 6. The fraction of sp³-hybridized carbons (Fsp3) is 0.174. The van der Waals surface area contributed by atoms with Crippen molar-refractivity contribution < 1.29 is 55.0 Å². The van der Waals surface area contributed by atoms with E-state index in [1.54, 1.807) is 79.3 Å². The lowest BCUT2D eigenvalue weighted by atomic mass is 10.1. The molecule has 0 unspecified atom stereocenters. The van der Waals surface area contributed by atoms with Crippen LogP contribution in [0.25, 0.3) is 0 Å². The predicted octanol–water partition coefficient (Wildman–Crippen LogP) is 9.91. The van der Waals surface area contributed by atoms with E-state index in [9.17, 15) is 45.5 Å². The second-order valence-corrected chi connectivity index (χ2v) is 14.6. The van der Waals surface area contributed by atoms with Crippen molar-refractivity contribution in [2.75, 3.05) is 58.4 Å². The van der Waals surface area contributed by atoms with Crippen molar-refractivity contribution in [2.45, 2.75) is 25.2 Å². The first kappa shape index (κ1) is 45.9. The van der Waals surface area contributed by atoms with Crippen molar-refractivity contribution in [3.05, 3.63) is 155 Å². The Labute approximate surface area is 372 Å². The molecule has 0 fully saturated rings. The molecule has 14 nitrogen and oxygen atoms in total. The average Bonchev–Trinajstić information content (AvgIpc) is 3.93. The standard InChI is InChI=1S/2C23H19F3N4O3/c1-33-20-11-14-7-9-30(19(14)12-18(20)23(24,25)26)22(32)29-16-5-2-4-15(10-16)21(31)28-17-6-3-8-27-13-17;1-33-20-12-14-7-10-30(19(14)13-18(20)23(24,25)26)22(32)29-17-4-2-3-15(11-17)21(31)28-16-5-8-27-9-6-16/h2-6,8,10-13H,7,9H2,1H3,(H,28,31)(H,29,32);2-6,8-9,11-13H,7,10H2,1H3,(H,29,32)(H,27,28,31). The van der Waals surface area contributed by atoms with Crippen LogP contribution in [0.1, 0.15) is 43.0 Å². The number of pyridine rings is 2. The van der Waals surface area contributed by atoms with E-state index in [1.807, 2.05) is 0 Å². The van der Waals surface area contributed by atoms with E-state index >= 15 is 0 Å². The quantitative estimate of drug-likeness (QED) is 0.110. The average molecular weight is 913 g/mol. The van der Waals surface area contributed by atoms with Crippen LogP contribution in [0.4, 0.5) is 70.1 Å². The lowest BCUT2D eigenvalue weighted by molar-refractivity contribution is -0.139. The summed E-state index contributed by atoms with van der Waals surface area (Å²) < 4.78 is 90.3. The summed E-state index contributed by atoms with van der Waals surface area (Å²) in [5.41, 5.74) is 1.96. The molecular formula is C46H38F6N8O6. The highest BCUT2D eigenvalue weighted by Gasteiger charge is 2.39. The Morgan fingerprint density at radius 2 is 0.985 bits per heavy atom. The Bertz CT molecular complexity index is 2590. The number of ether oxygens (including phenoxy) is 2. The third-order valence-corrected chi connectivity index (χ3v) is 10.3. The molecule has 6 aromatic rings. The Morgan fingerprint density at radius 3 is 1.41 bits per heavy atom. The zero-order chi connectivity index (χ0) is 47.2. The molecule has 6 amide bonds. The van der Waals surface area contributed by atoms with Crippen molar-refractivity contribution in [3.63, 3.8) is 0 Å². The van der Waals surface area contributed by atoms with Gasteiger partial charge >= 0.3 is 24.4 Å². The number of carbonyl (C=O) groups is 4. The number of halogens is 6. The third-order valence-electron chi connectivity index (χ3n) is 10.3. The van der Waals surface area contributed by atoms with Gasteiger partial charge in [0.2, 0.25) is 0 Å². The Balaban J connectivity index is 0.000000196. The summed E-state index contributed by atoms with van der Waals surface area (Å²) in [5, 5.41) is 10.7. The Hall–Kier alpha value is -8.16. The maximum atomic E-state index is 13.4.